The Morgan fingerprint density at radius 2 is 2.20 bits per heavy atom. The van der Waals surface area contributed by atoms with Crippen LogP contribution in [0.15, 0.2) is 12.3 Å². The Kier molecular flexibility index (Phi) is 3.19. The van der Waals surface area contributed by atoms with Gasteiger partial charge in [0.2, 0.25) is 0 Å². The summed E-state index contributed by atoms with van der Waals surface area (Å²) >= 11 is 0. The molecule has 0 spiro atoms. The molecule has 0 bridgehead atoms. The van der Waals surface area contributed by atoms with Gasteiger partial charge in [-0.05, 0) is 18.9 Å². The lowest BCUT2D eigenvalue weighted by molar-refractivity contribution is -0.123. The van der Waals surface area contributed by atoms with Crippen LogP contribution in [0.25, 0.3) is 0 Å². The lowest BCUT2D eigenvalue weighted by atomic mass is 9.85. The first kappa shape index (κ1) is 10.4. The predicted molar refractivity (Wildman–Crippen MR) is 58.5 cm³/mol. The van der Waals surface area contributed by atoms with Crippen LogP contribution in [-0.4, -0.2) is 15.6 Å². The van der Waals surface area contributed by atoms with E-state index in [2.05, 4.69) is 5.10 Å². The molecule has 0 aliphatic heterocycles. The largest absolute Gasteiger partial charge is 0.299 e. The molecular formula is C12H18N2O. The number of ketones is 1. The second kappa shape index (κ2) is 4.60. The van der Waals surface area contributed by atoms with Gasteiger partial charge in [0.25, 0.3) is 0 Å². The molecule has 1 aliphatic rings. The lowest BCUT2D eigenvalue weighted by Gasteiger charge is -2.19. The summed E-state index contributed by atoms with van der Waals surface area (Å²) in [6.45, 7) is 0. The highest BCUT2D eigenvalue weighted by Crippen LogP contribution is 2.25. The van der Waals surface area contributed by atoms with Gasteiger partial charge in [0.15, 0.2) is 0 Å². The summed E-state index contributed by atoms with van der Waals surface area (Å²) in [4.78, 5) is 11.9. The van der Waals surface area contributed by atoms with Crippen LogP contribution in [0.1, 0.15) is 37.8 Å². The molecule has 0 N–H and O–H groups in total. The van der Waals surface area contributed by atoms with Crippen LogP contribution in [0.3, 0.4) is 0 Å². The molecule has 1 saturated carbocycles. The summed E-state index contributed by atoms with van der Waals surface area (Å²) in [7, 11) is 1.88. The normalized spacial score (nSPS) is 17.9. The van der Waals surface area contributed by atoms with Crippen molar-refractivity contribution in [2.75, 3.05) is 0 Å². The number of carbonyl (C=O) groups excluding carboxylic acids is 1. The monoisotopic (exact) mass is 206 g/mol. The molecule has 15 heavy (non-hydrogen) atoms. The molecule has 0 atom stereocenters. The summed E-state index contributed by atoms with van der Waals surface area (Å²) in [6, 6.07) is 1.93. The third kappa shape index (κ3) is 2.67. The number of carbonyl (C=O) groups is 1. The first-order valence-corrected chi connectivity index (χ1v) is 5.77. The van der Waals surface area contributed by atoms with Crippen molar-refractivity contribution in [2.24, 2.45) is 13.0 Å². The second-order valence-electron chi connectivity index (χ2n) is 4.46. The highest BCUT2D eigenvalue weighted by atomic mass is 16.1. The quantitative estimate of drug-likeness (QED) is 0.759. The van der Waals surface area contributed by atoms with E-state index in [0.717, 1.165) is 18.5 Å². The molecule has 0 aromatic carbocycles. The molecule has 3 nitrogen and oxygen atoms in total. The Labute approximate surface area is 90.5 Å². The SMILES string of the molecule is Cn1ccc(CC(=O)C2CCCCC2)n1. The van der Waals surface area contributed by atoms with Gasteiger partial charge in [-0.15, -0.1) is 0 Å². The molecule has 0 saturated heterocycles. The van der Waals surface area contributed by atoms with Gasteiger partial charge in [-0.1, -0.05) is 19.3 Å². The Morgan fingerprint density at radius 3 is 2.80 bits per heavy atom. The smallest absolute Gasteiger partial charge is 0.141 e. The topological polar surface area (TPSA) is 34.9 Å². The maximum absolute atomic E-state index is 11.9. The summed E-state index contributed by atoms with van der Waals surface area (Å²) in [5.74, 6) is 0.689. The number of hydrogen-bond acceptors (Lipinski definition) is 2. The minimum absolute atomic E-state index is 0.306. The van der Waals surface area contributed by atoms with Gasteiger partial charge >= 0.3 is 0 Å². The molecule has 0 amide bonds. The molecule has 3 heteroatoms. The van der Waals surface area contributed by atoms with E-state index < -0.39 is 0 Å². The van der Waals surface area contributed by atoms with Crippen LogP contribution >= 0.6 is 0 Å². The number of nitrogens with zero attached hydrogens (tertiary/aromatic N) is 2. The van der Waals surface area contributed by atoms with Crippen molar-refractivity contribution in [1.82, 2.24) is 9.78 Å². The van der Waals surface area contributed by atoms with Crippen molar-refractivity contribution in [1.29, 1.82) is 0 Å². The van der Waals surface area contributed by atoms with Crippen LogP contribution in [0.2, 0.25) is 0 Å². The highest BCUT2D eigenvalue weighted by Gasteiger charge is 2.21. The van der Waals surface area contributed by atoms with E-state index in [4.69, 9.17) is 0 Å². The average Bonchev–Trinajstić information content (AvgIpc) is 2.65. The van der Waals surface area contributed by atoms with Crippen molar-refractivity contribution in [3.63, 3.8) is 0 Å². The van der Waals surface area contributed by atoms with Gasteiger partial charge in [-0.25, -0.2) is 0 Å². The molecular weight excluding hydrogens is 188 g/mol. The number of Topliss-reactive ketones (excluding diaryl/α,β-unsaturated/α-hetero) is 1. The van der Waals surface area contributed by atoms with E-state index in [-0.39, 0.29) is 0 Å². The van der Waals surface area contributed by atoms with E-state index in [1.165, 1.54) is 19.3 Å². The fourth-order valence-corrected chi connectivity index (χ4v) is 2.30. The second-order valence-corrected chi connectivity index (χ2v) is 4.46. The fraction of sp³-hybridized carbons (Fsp3) is 0.667. The van der Waals surface area contributed by atoms with Crippen molar-refractivity contribution in [3.8, 4) is 0 Å². The molecule has 0 unspecified atom stereocenters. The van der Waals surface area contributed by atoms with Gasteiger partial charge < -0.3 is 0 Å². The summed E-state index contributed by atoms with van der Waals surface area (Å²) < 4.78 is 1.75. The van der Waals surface area contributed by atoms with E-state index in [1.54, 1.807) is 4.68 Å². The Bertz CT molecular complexity index is 337. The zero-order chi connectivity index (χ0) is 10.7. The minimum atomic E-state index is 0.306. The Morgan fingerprint density at radius 1 is 1.47 bits per heavy atom. The molecule has 2 rings (SSSR count). The maximum atomic E-state index is 11.9. The van der Waals surface area contributed by atoms with Crippen molar-refractivity contribution >= 4 is 5.78 Å². The first-order valence-electron chi connectivity index (χ1n) is 5.77. The lowest BCUT2D eigenvalue weighted by Crippen LogP contribution is -2.19. The van der Waals surface area contributed by atoms with Crippen molar-refractivity contribution in [2.45, 2.75) is 38.5 Å². The number of aryl methyl sites for hydroxylation is 1. The molecule has 82 valence electrons. The van der Waals surface area contributed by atoms with Crippen molar-refractivity contribution < 1.29 is 4.79 Å². The Hall–Kier alpha value is -1.12. The van der Waals surface area contributed by atoms with Gasteiger partial charge in [0, 0.05) is 19.2 Å². The number of aromatic nitrogens is 2. The molecule has 1 aromatic rings. The van der Waals surface area contributed by atoms with E-state index in [0.29, 0.717) is 18.1 Å². The molecule has 1 heterocycles. The van der Waals surface area contributed by atoms with Crippen LogP contribution in [-0.2, 0) is 18.3 Å². The zero-order valence-electron chi connectivity index (χ0n) is 9.28. The predicted octanol–water partition coefficient (Wildman–Crippen LogP) is 2.11. The number of rotatable bonds is 3. The minimum Gasteiger partial charge on any atom is -0.299 e. The van der Waals surface area contributed by atoms with Gasteiger partial charge in [-0.3, -0.25) is 9.48 Å². The van der Waals surface area contributed by atoms with Crippen LogP contribution in [0.5, 0.6) is 0 Å². The molecule has 1 fully saturated rings. The van der Waals surface area contributed by atoms with Gasteiger partial charge in [0.05, 0.1) is 12.1 Å². The Balaban J connectivity index is 1.91. The van der Waals surface area contributed by atoms with Crippen LogP contribution in [0.4, 0.5) is 0 Å². The third-order valence-electron chi connectivity index (χ3n) is 3.18. The first-order chi connectivity index (χ1) is 7.25. The van der Waals surface area contributed by atoms with Crippen LogP contribution in [0, 0.1) is 5.92 Å². The summed E-state index contributed by atoms with van der Waals surface area (Å²) in [5.41, 5.74) is 0.910. The van der Waals surface area contributed by atoms with Gasteiger partial charge in [0.1, 0.15) is 5.78 Å². The maximum Gasteiger partial charge on any atom is 0.141 e. The summed E-state index contributed by atoms with van der Waals surface area (Å²) in [6.07, 6.45) is 8.33. The average molecular weight is 206 g/mol. The highest BCUT2D eigenvalue weighted by molar-refractivity contribution is 5.82. The number of hydrogen-bond donors (Lipinski definition) is 0. The standard InChI is InChI=1S/C12H18N2O/c1-14-8-7-11(13-14)9-12(15)10-5-3-2-4-6-10/h7-8,10H,2-6,9H2,1H3. The summed E-state index contributed by atoms with van der Waals surface area (Å²) in [5, 5.41) is 4.24. The van der Waals surface area contributed by atoms with Gasteiger partial charge in [-0.2, -0.15) is 5.10 Å². The van der Waals surface area contributed by atoms with Crippen molar-refractivity contribution in [3.05, 3.63) is 18.0 Å². The molecule has 0 radical (unpaired) electrons. The molecule has 1 aromatic heterocycles. The van der Waals surface area contributed by atoms with E-state index in [9.17, 15) is 4.79 Å². The zero-order valence-corrected chi connectivity index (χ0v) is 9.28. The third-order valence-corrected chi connectivity index (χ3v) is 3.18. The molecule has 1 aliphatic carbocycles. The van der Waals surface area contributed by atoms with E-state index >= 15 is 0 Å². The van der Waals surface area contributed by atoms with Crippen LogP contribution < -0.4 is 0 Å². The fourth-order valence-electron chi connectivity index (χ4n) is 2.30. The van der Waals surface area contributed by atoms with E-state index in [1.807, 2.05) is 19.3 Å².